The molecule has 0 fully saturated rings. The molecule has 0 aromatic heterocycles. The van der Waals surface area contributed by atoms with Crippen LogP contribution in [0.5, 0.6) is 11.5 Å². The zero-order chi connectivity index (χ0) is 19.0. The molecule has 0 atom stereocenters. The van der Waals surface area contributed by atoms with Crippen LogP contribution in [0.1, 0.15) is 50.4 Å². The monoisotopic (exact) mass is 346 g/mol. The topological polar surface area (TPSA) is 40.5 Å². The highest BCUT2D eigenvalue weighted by molar-refractivity contribution is 5.58. The Morgan fingerprint density at radius 3 is 1.50 bits per heavy atom. The number of phenols is 2. The molecule has 3 aromatic rings. The van der Waals surface area contributed by atoms with Gasteiger partial charge in [-0.05, 0) is 56.9 Å². The summed E-state index contributed by atoms with van der Waals surface area (Å²) in [5, 5.41) is 21.7. The lowest BCUT2D eigenvalue weighted by Crippen LogP contribution is -2.08. The quantitative estimate of drug-likeness (QED) is 0.587. The maximum Gasteiger partial charge on any atom is 0.122 e. The average Bonchev–Trinajstić information content (AvgIpc) is 2.58. The first-order valence-electron chi connectivity index (χ1n) is 8.95. The Bertz CT molecular complexity index is 913. The molecule has 0 radical (unpaired) electrons. The third kappa shape index (κ3) is 3.20. The number of aryl methyl sites for hydroxylation is 5. The molecule has 0 amide bonds. The van der Waals surface area contributed by atoms with Crippen molar-refractivity contribution in [3.8, 4) is 11.5 Å². The van der Waals surface area contributed by atoms with Crippen molar-refractivity contribution in [2.24, 2.45) is 0 Å². The molecule has 0 aliphatic carbocycles. The highest BCUT2D eigenvalue weighted by atomic mass is 16.3. The summed E-state index contributed by atoms with van der Waals surface area (Å²) in [6.45, 7) is 9.98. The minimum atomic E-state index is -0.228. The van der Waals surface area contributed by atoms with Crippen molar-refractivity contribution in [3.63, 3.8) is 0 Å². The van der Waals surface area contributed by atoms with Crippen LogP contribution >= 0.6 is 0 Å². The van der Waals surface area contributed by atoms with Gasteiger partial charge in [0, 0.05) is 17.0 Å². The van der Waals surface area contributed by atoms with Gasteiger partial charge in [0.05, 0.1) is 0 Å². The van der Waals surface area contributed by atoms with Crippen LogP contribution in [0.25, 0.3) is 0 Å². The van der Waals surface area contributed by atoms with Crippen LogP contribution in [0.2, 0.25) is 0 Å². The Morgan fingerprint density at radius 2 is 1.04 bits per heavy atom. The van der Waals surface area contributed by atoms with Crippen LogP contribution in [-0.4, -0.2) is 10.2 Å². The van der Waals surface area contributed by atoms with Gasteiger partial charge >= 0.3 is 0 Å². The Kier molecular flexibility index (Phi) is 4.78. The molecule has 0 unspecified atom stereocenters. The molecule has 2 N–H and O–H groups in total. The van der Waals surface area contributed by atoms with E-state index in [1.165, 1.54) is 0 Å². The Morgan fingerprint density at radius 1 is 0.577 bits per heavy atom. The highest BCUT2D eigenvalue weighted by Crippen LogP contribution is 2.44. The number of benzene rings is 3. The van der Waals surface area contributed by atoms with Crippen molar-refractivity contribution in [1.82, 2.24) is 0 Å². The van der Waals surface area contributed by atoms with Gasteiger partial charge in [0.15, 0.2) is 0 Å². The van der Waals surface area contributed by atoms with Crippen molar-refractivity contribution in [1.29, 1.82) is 0 Å². The molecule has 0 saturated carbocycles. The summed E-state index contributed by atoms with van der Waals surface area (Å²) in [5.41, 5.74) is 7.78. The molecule has 134 valence electrons. The number of phenolic OH excluding ortho intramolecular Hbond substituents is 2. The van der Waals surface area contributed by atoms with Crippen LogP contribution in [0, 0.1) is 34.6 Å². The van der Waals surface area contributed by atoms with E-state index >= 15 is 0 Å². The van der Waals surface area contributed by atoms with E-state index in [-0.39, 0.29) is 5.92 Å². The van der Waals surface area contributed by atoms with Gasteiger partial charge in [-0.25, -0.2) is 0 Å². The molecule has 0 aliphatic heterocycles. The zero-order valence-electron chi connectivity index (χ0n) is 16.1. The van der Waals surface area contributed by atoms with Gasteiger partial charge in [-0.15, -0.1) is 0 Å². The molecular weight excluding hydrogens is 320 g/mol. The fraction of sp³-hybridized carbons (Fsp3) is 0.250. The van der Waals surface area contributed by atoms with Gasteiger partial charge in [-0.3, -0.25) is 0 Å². The Hall–Kier alpha value is -2.74. The minimum absolute atomic E-state index is 0.228. The number of hydrogen-bond donors (Lipinski definition) is 2. The second-order valence-electron chi connectivity index (χ2n) is 7.33. The normalized spacial score (nSPS) is 11.2. The highest BCUT2D eigenvalue weighted by Gasteiger charge is 2.26. The van der Waals surface area contributed by atoms with E-state index in [2.05, 4.69) is 19.1 Å². The van der Waals surface area contributed by atoms with Gasteiger partial charge < -0.3 is 10.2 Å². The van der Waals surface area contributed by atoms with Crippen molar-refractivity contribution < 1.29 is 10.2 Å². The third-order valence-corrected chi connectivity index (χ3v) is 5.07. The molecular formula is C24H26O2. The molecule has 0 bridgehead atoms. The maximum absolute atomic E-state index is 10.9. The molecule has 3 aromatic carbocycles. The van der Waals surface area contributed by atoms with E-state index in [1.54, 1.807) is 0 Å². The number of aromatic hydroxyl groups is 2. The van der Waals surface area contributed by atoms with Gasteiger partial charge in [-0.2, -0.15) is 0 Å². The fourth-order valence-corrected chi connectivity index (χ4v) is 3.84. The summed E-state index contributed by atoms with van der Waals surface area (Å²) in [6, 6.07) is 16.2. The first kappa shape index (κ1) is 18.1. The Balaban J connectivity index is 2.38. The van der Waals surface area contributed by atoms with E-state index in [4.69, 9.17) is 0 Å². The van der Waals surface area contributed by atoms with Gasteiger partial charge in [0.2, 0.25) is 0 Å². The van der Waals surface area contributed by atoms with E-state index in [9.17, 15) is 10.2 Å². The molecule has 3 rings (SSSR count). The molecule has 0 heterocycles. The van der Waals surface area contributed by atoms with Crippen molar-refractivity contribution in [2.45, 2.75) is 40.5 Å². The van der Waals surface area contributed by atoms with E-state index in [0.717, 1.165) is 44.5 Å². The zero-order valence-corrected chi connectivity index (χ0v) is 16.1. The van der Waals surface area contributed by atoms with Gasteiger partial charge in [0.25, 0.3) is 0 Å². The van der Waals surface area contributed by atoms with E-state index < -0.39 is 0 Å². The smallest absolute Gasteiger partial charge is 0.122 e. The second-order valence-corrected chi connectivity index (χ2v) is 7.33. The largest absolute Gasteiger partial charge is 0.507 e. The van der Waals surface area contributed by atoms with E-state index in [1.807, 2.05) is 64.1 Å². The molecule has 2 heteroatoms. The first-order valence-corrected chi connectivity index (χ1v) is 8.95. The molecule has 0 saturated heterocycles. The maximum atomic E-state index is 10.9. The molecule has 2 nitrogen and oxygen atoms in total. The first-order chi connectivity index (χ1) is 12.3. The van der Waals surface area contributed by atoms with Crippen LogP contribution in [0.3, 0.4) is 0 Å². The van der Waals surface area contributed by atoms with Crippen LogP contribution in [0.4, 0.5) is 0 Å². The minimum Gasteiger partial charge on any atom is -0.507 e. The van der Waals surface area contributed by atoms with Gasteiger partial charge in [-0.1, -0.05) is 59.7 Å². The fourth-order valence-electron chi connectivity index (χ4n) is 3.84. The van der Waals surface area contributed by atoms with Crippen LogP contribution < -0.4 is 0 Å². The summed E-state index contributed by atoms with van der Waals surface area (Å²) < 4.78 is 0. The van der Waals surface area contributed by atoms with Crippen LogP contribution in [0.15, 0.2) is 48.5 Å². The summed E-state index contributed by atoms with van der Waals surface area (Å²) >= 11 is 0. The summed E-state index contributed by atoms with van der Waals surface area (Å²) in [6.07, 6.45) is 0. The third-order valence-electron chi connectivity index (χ3n) is 5.07. The van der Waals surface area contributed by atoms with Gasteiger partial charge in [0.1, 0.15) is 11.5 Å². The summed E-state index contributed by atoms with van der Waals surface area (Å²) in [7, 11) is 0. The lowest BCUT2D eigenvalue weighted by atomic mass is 9.80. The Labute approximate surface area is 155 Å². The van der Waals surface area contributed by atoms with Crippen molar-refractivity contribution >= 4 is 0 Å². The standard InChI is InChI=1S/C24H26O2/c1-14-10-17(4)23(25)20(12-14)22(19-9-7-6-8-16(19)3)21-13-15(2)11-18(5)24(21)26/h6-13,22,25-26H,1-5H3. The average molecular weight is 346 g/mol. The van der Waals surface area contributed by atoms with Crippen LogP contribution in [-0.2, 0) is 0 Å². The predicted octanol–water partition coefficient (Wildman–Crippen LogP) is 5.82. The van der Waals surface area contributed by atoms with Crippen molar-refractivity contribution in [2.75, 3.05) is 0 Å². The summed E-state index contributed by atoms with van der Waals surface area (Å²) in [4.78, 5) is 0. The lowest BCUT2D eigenvalue weighted by Gasteiger charge is -2.25. The predicted molar refractivity (Wildman–Crippen MR) is 107 cm³/mol. The summed E-state index contributed by atoms with van der Waals surface area (Å²) in [5.74, 6) is 0.359. The lowest BCUT2D eigenvalue weighted by molar-refractivity contribution is 0.454. The molecule has 26 heavy (non-hydrogen) atoms. The molecule has 0 aliphatic rings. The molecule has 0 spiro atoms. The number of rotatable bonds is 3. The number of hydrogen-bond acceptors (Lipinski definition) is 2. The second kappa shape index (κ2) is 6.87. The van der Waals surface area contributed by atoms with Crippen molar-refractivity contribution in [3.05, 3.63) is 93.0 Å². The van der Waals surface area contributed by atoms with E-state index in [0.29, 0.717) is 11.5 Å². The SMILES string of the molecule is Cc1cc(C)c(O)c(C(c2ccccc2C)c2cc(C)cc(C)c2O)c1.